The van der Waals surface area contributed by atoms with Crippen LogP contribution in [0.15, 0.2) is 30.5 Å². The fraction of sp³-hybridized carbons (Fsp3) is 0.0909. The van der Waals surface area contributed by atoms with Crippen LogP contribution in [0.5, 0.6) is 0 Å². The number of nitrogens with one attached hydrogen (secondary N) is 1. The molecule has 4 nitrogen and oxygen atoms in total. The first-order chi connectivity index (χ1) is 8.06. The first-order valence-corrected chi connectivity index (χ1v) is 5.71. The van der Waals surface area contributed by atoms with Crippen LogP contribution >= 0.6 is 23.8 Å². The van der Waals surface area contributed by atoms with Gasteiger partial charge in [0.1, 0.15) is 4.99 Å². The molecule has 1 heterocycles. The summed E-state index contributed by atoms with van der Waals surface area (Å²) in [5, 5.41) is 7.86. The van der Waals surface area contributed by atoms with E-state index in [0.717, 1.165) is 11.5 Å². The molecule has 0 atom stereocenters. The third-order valence-corrected chi connectivity index (χ3v) is 2.75. The van der Waals surface area contributed by atoms with Crippen LogP contribution in [0, 0.1) is 0 Å². The molecule has 0 fully saturated rings. The highest BCUT2D eigenvalue weighted by atomic mass is 35.5. The van der Waals surface area contributed by atoms with Crippen LogP contribution in [0.2, 0.25) is 5.02 Å². The van der Waals surface area contributed by atoms with Gasteiger partial charge in [-0.15, -0.1) is 0 Å². The Morgan fingerprint density at radius 2 is 2.24 bits per heavy atom. The maximum absolute atomic E-state index is 6.06. The van der Waals surface area contributed by atoms with Gasteiger partial charge in [-0.25, -0.2) is 0 Å². The van der Waals surface area contributed by atoms with E-state index in [1.165, 1.54) is 0 Å². The first kappa shape index (κ1) is 11.9. The van der Waals surface area contributed by atoms with E-state index in [0.29, 0.717) is 15.6 Å². The highest BCUT2D eigenvalue weighted by Gasteiger charge is 2.05. The van der Waals surface area contributed by atoms with Crippen molar-refractivity contribution in [3.05, 3.63) is 41.0 Å². The molecule has 2 rings (SSSR count). The van der Waals surface area contributed by atoms with Crippen LogP contribution < -0.4 is 11.1 Å². The van der Waals surface area contributed by atoms with E-state index < -0.39 is 0 Å². The number of hydrogen-bond donors (Lipinski definition) is 2. The van der Waals surface area contributed by atoms with Crippen molar-refractivity contribution >= 4 is 40.3 Å². The molecule has 0 aliphatic rings. The summed E-state index contributed by atoms with van der Waals surface area (Å²) in [6.45, 7) is 0. The van der Waals surface area contributed by atoms with Crippen molar-refractivity contribution in [2.24, 2.45) is 12.8 Å². The summed E-state index contributed by atoms with van der Waals surface area (Å²) < 4.78 is 1.72. The summed E-state index contributed by atoms with van der Waals surface area (Å²) >= 11 is 10.9. The lowest BCUT2D eigenvalue weighted by molar-refractivity contribution is 0.771. The van der Waals surface area contributed by atoms with Gasteiger partial charge in [0, 0.05) is 30.6 Å². The zero-order chi connectivity index (χ0) is 12.4. The molecule has 2 aromatic rings. The number of aromatic nitrogens is 2. The number of halogens is 1. The standard InChI is InChI=1S/C11H11ClN4S/c1-16-5-4-10(15-16)14-7-2-3-8(11(13)17)9(12)6-7/h2-6H,1H3,(H2,13,17)(H,14,15). The molecule has 0 bridgehead atoms. The van der Waals surface area contributed by atoms with E-state index in [9.17, 15) is 0 Å². The second-order valence-corrected chi connectivity index (χ2v) is 4.41. The minimum absolute atomic E-state index is 0.291. The van der Waals surface area contributed by atoms with Gasteiger partial charge < -0.3 is 11.1 Å². The third kappa shape index (κ3) is 2.75. The number of hydrogen-bond acceptors (Lipinski definition) is 3. The topological polar surface area (TPSA) is 55.9 Å². The van der Waals surface area contributed by atoms with E-state index in [1.807, 2.05) is 25.4 Å². The lowest BCUT2D eigenvalue weighted by atomic mass is 10.2. The van der Waals surface area contributed by atoms with Gasteiger partial charge in [-0.2, -0.15) is 5.10 Å². The third-order valence-electron chi connectivity index (χ3n) is 2.22. The van der Waals surface area contributed by atoms with Gasteiger partial charge in [-0.3, -0.25) is 4.68 Å². The summed E-state index contributed by atoms with van der Waals surface area (Å²) in [7, 11) is 1.86. The van der Waals surface area contributed by atoms with Crippen molar-refractivity contribution in [2.75, 3.05) is 5.32 Å². The Bertz CT molecular complexity index is 564. The van der Waals surface area contributed by atoms with Crippen molar-refractivity contribution in [1.82, 2.24) is 9.78 Å². The lowest BCUT2D eigenvalue weighted by Gasteiger charge is -2.06. The molecule has 0 aliphatic carbocycles. The molecule has 88 valence electrons. The fourth-order valence-corrected chi connectivity index (χ4v) is 1.94. The summed E-state index contributed by atoms with van der Waals surface area (Å²) in [4.78, 5) is 0.291. The molecule has 0 radical (unpaired) electrons. The van der Waals surface area contributed by atoms with Crippen molar-refractivity contribution in [1.29, 1.82) is 0 Å². The summed E-state index contributed by atoms with van der Waals surface area (Å²) in [6, 6.07) is 7.28. The summed E-state index contributed by atoms with van der Waals surface area (Å²) in [5.74, 6) is 0.756. The van der Waals surface area contributed by atoms with E-state index >= 15 is 0 Å². The number of thiocarbonyl (C=S) groups is 1. The van der Waals surface area contributed by atoms with Crippen molar-refractivity contribution in [2.45, 2.75) is 0 Å². The molecule has 0 unspecified atom stereocenters. The Labute approximate surface area is 109 Å². The Balaban J connectivity index is 2.23. The molecule has 1 aromatic heterocycles. The predicted molar refractivity (Wildman–Crippen MR) is 73.8 cm³/mol. The predicted octanol–water partition coefficient (Wildman–Crippen LogP) is 2.45. The highest BCUT2D eigenvalue weighted by Crippen LogP contribution is 2.23. The second-order valence-electron chi connectivity index (χ2n) is 3.56. The van der Waals surface area contributed by atoms with E-state index in [4.69, 9.17) is 29.6 Å². The Morgan fingerprint density at radius 1 is 1.47 bits per heavy atom. The smallest absolute Gasteiger partial charge is 0.152 e. The number of nitrogens with two attached hydrogens (primary N) is 1. The molecule has 1 aromatic carbocycles. The quantitative estimate of drug-likeness (QED) is 0.838. The molecular formula is C11H11ClN4S. The monoisotopic (exact) mass is 266 g/mol. The number of aryl methyl sites for hydroxylation is 1. The second kappa shape index (κ2) is 4.73. The maximum atomic E-state index is 6.06. The van der Waals surface area contributed by atoms with Crippen LogP contribution in [0.1, 0.15) is 5.56 Å². The van der Waals surface area contributed by atoms with Gasteiger partial charge >= 0.3 is 0 Å². The SMILES string of the molecule is Cn1ccc(Nc2ccc(C(N)=S)c(Cl)c2)n1. The van der Waals surface area contributed by atoms with Crippen molar-refractivity contribution in [3.8, 4) is 0 Å². The fourth-order valence-electron chi connectivity index (χ4n) is 1.42. The van der Waals surface area contributed by atoms with Crippen LogP contribution in [-0.2, 0) is 7.05 Å². The maximum Gasteiger partial charge on any atom is 0.152 e. The van der Waals surface area contributed by atoms with Gasteiger partial charge in [0.15, 0.2) is 5.82 Å². The molecule has 0 saturated heterocycles. The average molecular weight is 267 g/mol. The largest absolute Gasteiger partial charge is 0.389 e. The minimum atomic E-state index is 0.291. The minimum Gasteiger partial charge on any atom is -0.389 e. The van der Waals surface area contributed by atoms with Crippen LogP contribution in [-0.4, -0.2) is 14.8 Å². The zero-order valence-corrected chi connectivity index (χ0v) is 10.7. The molecule has 0 amide bonds. The van der Waals surface area contributed by atoms with E-state index in [2.05, 4.69) is 10.4 Å². The van der Waals surface area contributed by atoms with E-state index in [-0.39, 0.29) is 0 Å². The summed E-state index contributed by atoms with van der Waals surface area (Å²) in [5.41, 5.74) is 7.05. The summed E-state index contributed by atoms with van der Waals surface area (Å²) in [6.07, 6.45) is 1.85. The Kier molecular flexibility index (Phi) is 3.31. The van der Waals surface area contributed by atoms with Gasteiger partial charge in [0.05, 0.1) is 5.02 Å². The van der Waals surface area contributed by atoms with Crippen molar-refractivity contribution < 1.29 is 0 Å². The molecule has 3 N–H and O–H groups in total. The molecule has 17 heavy (non-hydrogen) atoms. The molecular weight excluding hydrogens is 256 g/mol. The normalized spacial score (nSPS) is 10.2. The highest BCUT2D eigenvalue weighted by molar-refractivity contribution is 7.80. The zero-order valence-electron chi connectivity index (χ0n) is 9.14. The lowest BCUT2D eigenvalue weighted by Crippen LogP contribution is -2.09. The molecule has 0 saturated carbocycles. The number of benzene rings is 1. The van der Waals surface area contributed by atoms with Crippen LogP contribution in [0.4, 0.5) is 11.5 Å². The number of rotatable bonds is 3. The van der Waals surface area contributed by atoms with Crippen molar-refractivity contribution in [3.63, 3.8) is 0 Å². The first-order valence-electron chi connectivity index (χ1n) is 4.92. The van der Waals surface area contributed by atoms with Gasteiger partial charge in [0.25, 0.3) is 0 Å². The number of nitrogens with zero attached hydrogens (tertiary/aromatic N) is 2. The average Bonchev–Trinajstić information content (AvgIpc) is 2.63. The van der Waals surface area contributed by atoms with Gasteiger partial charge in [-0.1, -0.05) is 23.8 Å². The molecule has 0 aliphatic heterocycles. The molecule has 6 heteroatoms. The van der Waals surface area contributed by atoms with Crippen LogP contribution in [0.25, 0.3) is 0 Å². The molecule has 0 spiro atoms. The number of anilines is 2. The Hall–Kier alpha value is -1.59. The van der Waals surface area contributed by atoms with Gasteiger partial charge in [0.2, 0.25) is 0 Å². The van der Waals surface area contributed by atoms with E-state index in [1.54, 1.807) is 16.8 Å². The Morgan fingerprint density at radius 3 is 2.76 bits per heavy atom. The van der Waals surface area contributed by atoms with Gasteiger partial charge in [-0.05, 0) is 18.2 Å². The van der Waals surface area contributed by atoms with Crippen LogP contribution in [0.3, 0.4) is 0 Å².